The molecule has 1 aliphatic heterocycles. The number of hydrogen-bond donors (Lipinski definition) is 0. The number of non-ortho nitro benzene ring substituents is 1. The largest absolute Gasteiger partial charge is 0.496 e. The summed E-state index contributed by atoms with van der Waals surface area (Å²) in [4.78, 5) is 44.3. The van der Waals surface area contributed by atoms with E-state index in [2.05, 4.69) is 20.5 Å². The van der Waals surface area contributed by atoms with Gasteiger partial charge >= 0.3 is 5.97 Å². The van der Waals surface area contributed by atoms with Crippen LogP contribution >= 0.6 is 27.3 Å². The molecule has 10 nitrogen and oxygen atoms in total. The van der Waals surface area contributed by atoms with E-state index >= 15 is 0 Å². The predicted molar refractivity (Wildman–Crippen MR) is 189 cm³/mol. The molecule has 12 heteroatoms. The summed E-state index contributed by atoms with van der Waals surface area (Å²) < 4.78 is 16.3. The van der Waals surface area contributed by atoms with Gasteiger partial charge in [0.25, 0.3) is 11.2 Å². The molecule has 48 heavy (non-hydrogen) atoms. The Kier molecular flexibility index (Phi) is 9.47. The minimum Gasteiger partial charge on any atom is -0.496 e. The third kappa shape index (κ3) is 6.01. The maximum Gasteiger partial charge on any atom is 0.338 e. The van der Waals surface area contributed by atoms with Gasteiger partial charge in [-0.15, -0.1) is 0 Å². The molecule has 0 fully saturated rings. The van der Waals surface area contributed by atoms with Crippen molar-refractivity contribution in [2.24, 2.45) is 4.99 Å². The highest BCUT2D eigenvalue weighted by Gasteiger charge is 2.36. The molecule has 0 saturated heterocycles. The average Bonchev–Trinajstić information content (AvgIpc) is 3.53. The third-order valence-electron chi connectivity index (χ3n) is 8.42. The van der Waals surface area contributed by atoms with Gasteiger partial charge in [0.2, 0.25) is 0 Å². The van der Waals surface area contributed by atoms with Crippen molar-refractivity contribution in [3.63, 3.8) is 0 Å². The Balaban J connectivity index is 1.57. The van der Waals surface area contributed by atoms with Gasteiger partial charge in [-0.3, -0.25) is 19.5 Å². The summed E-state index contributed by atoms with van der Waals surface area (Å²) in [5.74, 6) is 0.0126. The van der Waals surface area contributed by atoms with Gasteiger partial charge in [-0.2, -0.15) is 0 Å². The fraction of sp³-hybridized carbons (Fsp3) is 0.250. The Hall–Kier alpha value is -4.81. The fourth-order valence-electron chi connectivity index (χ4n) is 6.21. The summed E-state index contributed by atoms with van der Waals surface area (Å²) in [7, 11) is 1.56. The molecule has 6 rings (SSSR count). The zero-order valence-corrected chi connectivity index (χ0v) is 29.3. The molecule has 0 bridgehead atoms. The summed E-state index contributed by atoms with van der Waals surface area (Å²) in [6, 6.07) is 19.2. The molecule has 0 unspecified atom stereocenters. The van der Waals surface area contributed by atoms with E-state index in [1.165, 1.54) is 23.5 Å². The first-order chi connectivity index (χ1) is 23.2. The quantitative estimate of drug-likeness (QED) is 0.0913. The number of benzene rings is 3. The normalized spacial score (nSPS) is 14.6. The molecular weight excluding hydrogens is 696 g/mol. The van der Waals surface area contributed by atoms with Crippen LogP contribution in [0.25, 0.3) is 17.0 Å². The number of rotatable bonds is 10. The number of carbonyl (C=O) groups is 1. The Bertz CT molecular complexity index is 2280. The second-order valence-electron chi connectivity index (χ2n) is 11.3. The lowest BCUT2D eigenvalue weighted by molar-refractivity contribution is -0.384. The van der Waals surface area contributed by atoms with Crippen molar-refractivity contribution in [3.05, 3.63) is 135 Å². The zero-order chi connectivity index (χ0) is 34.1. The van der Waals surface area contributed by atoms with E-state index < -0.39 is 16.9 Å². The number of halogens is 1. The molecule has 0 aliphatic carbocycles. The molecule has 0 radical (unpaired) electrons. The van der Waals surface area contributed by atoms with E-state index in [4.69, 9.17) is 14.5 Å². The highest BCUT2D eigenvalue weighted by atomic mass is 79.9. The van der Waals surface area contributed by atoms with E-state index in [0.29, 0.717) is 44.9 Å². The van der Waals surface area contributed by atoms with E-state index in [1.54, 1.807) is 36.8 Å². The number of nitrogens with zero attached hydrogens (tertiary/aromatic N) is 4. The number of esters is 1. The maximum atomic E-state index is 14.5. The third-order valence-corrected chi connectivity index (χ3v) is 9.90. The number of allylic oxidation sites excluding steroid dienone is 1. The van der Waals surface area contributed by atoms with E-state index in [-0.39, 0.29) is 17.9 Å². The molecule has 0 spiro atoms. The van der Waals surface area contributed by atoms with Crippen molar-refractivity contribution in [2.75, 3.05) is 13.7 Å². The van der Waals surface area contributed by atoms with E-state index in [1.807, 2.05) is 56.3 Å². The fourth-order valence-corrected chi connectivity index (χ4v) is 7.59. The number of carbonyl (C=O) groups excluding carboxylic acids is 1. The summed E-state index contributed by atoms with van der Waals surface area (Å²) in [6.45, 7) is 6.44. The number of hydrogen-bond acceptors (Lipinski definition) is 8. The van der Waals surface area contributed by atoms with Crippen LogP contribution in [-0.4, -0.2) is 33.7 Å². The van der Waals surface area contributed by atoms with Crippen molar-refractivity contribution in [3.8, 4) is 5.75 Å². The van der Waals surface area contributed by atoms with Gasteiger partial charge in [0.05, 0.1) is 34.4 Å². The SMILES string of the molecule is CCCC1=C(C(=O)OCC)[C@@H](c2cc(Br)ccc2OC)n2c(s/c(=C/c3c(C)n(Cc4ccc([N+](=O)[O-])cc4)c4ccccc34)c2=O)=N1. The van der Waals surface area contributed by atoms with Crippen LogP contribution in [0.4, 0.5) is 5.69 Å². The molecular formula is C36H33BrN4O6S. The Labute approximate surface area is 288 Å². The van der Waals surface area contributed by atoms with Crippen molar-refractivity contribution >= 4 is 55.9 Å². The highest BCUT2D eigenvalue weighted by Crippen LogP contribution is 2.38. The van der Waals surface area contributed by atoms with Gasteiger partial charge in [0, 0.05) is 50.9 Å². The molecule has 0 N–H and O–H groups in total. The predicted octanol–water partition coefficient (Wildman–Crippen LogP) is 6.57. The van der Waals surface area contributed by atoms with Gasteiger partial charge < -0.3 is 14.0 Å². The first-order valence-electron chi connectivity index (χ1n) is 15.5. The number of nitro groups is 1. The van der Waals surface area contributed by atoms with E-state index in [9.17, 15) is 19.7 Å². The molecule has 3 heterocycles. The van der Waals surface area contributed by atoms with E-state index in [0.717, 1.165) is 38.6 Å². The van der Waals surface area contributed by atoms with Crippen LogP contribution in [0.1, 0.15) is 55.1 Å². The van der Waals surface area contributed by atoms with Gasteiger partial charge in [-0.1, -0.05) is 70.9 Å². The van der Waals surface area contributed by atoms with Crippen LogP contribution in [0.5, 0.6) is 5.75 Å². The van der Waals surface area contributed by atoms with Crippen LogP contribution in [0.3, 0.4) is 0 Å². The lowest BCUT2D eigenvalue weighted by atomic mass is 9.93. The van der Waals surface area contributed by atoms with Crippen LogP contribution in [0.15, 0.2) is 92.3 Å². The van der Waals surface area contributed by atoms with Crippen molar-refractivity contribution in [1.82, 2.24) is 9.13 Å². The molecule has 2 aromatic heterocycles. The summed E-state index contributed by atoms with van der Waals surface area (Å²) in [6.07, 6.45) is 3.17. The van der Waals surface area contributed by atoms with Gasteiger partial charge in [0.15, 0.2) is 4.80 Å². The topological polar surface area (TPSA) is 118 Å². The van der Waals surface area contributed by atoms with Crippen LogP contribution in [0, 0.1) is 17.0 Å². The number of ether oxygens (including phenoxy) is 2. The monoisotopic (exact) mass is 728 g/mol. The summed E-state index contributed by atoms with van der Waals surface area (Å²) >= 11 is 4.85. The van der Waals surface area contributed by atoms with Crippen LogP contribution < -0.4 is 19.6 Å². The van der Waals surface area contributed by atoms with Crippen molar-refractivity contribution < 1.29 is 19.2 Å². The molecule has 0 amide bonds. The van der Waals surface area contributed by atoms with Gasteiger partial charge in [-0.25, -0.2) is 9.79 Å². The number of aromatic nitrogens is 2. The molecule has 246 valence electrons. The maximum absolute atomic E-state index is 14.5. The van der Waals surface area contributed by atoms with Gasteiger partial charge in [-0.05, 0) is 56.2 Å². The minimum atomic E-state index is -0.818. The number of fused-ring (bicyclic) bond motifs is 2. The lowest BCUT2D eigenvalue weighted by Gasteiger charge is -2.27. The average molecular weight is 730 g/mol. The lowest BCUT2D eigenvalue weighted by Crippen LogP contribution is -2.40. The number of nitro benzene ring substituents is 1. The van der Waals surface area contributed by atoms with Crippen molar-refractivity contribution in [1.29, 1.82) is 0 Å². The number of thiazole rings is 1. The molecule has 1 aliphatic rings. The van der Waals surface area contributed by atoms with Crippen molar-refractivity contribution in [2.45, 2.75) is 46.2 Å². The van der Waals surface area contributed by atoms with Gasteiger partial charge in [0.1, 0.15) is 11.8 Å². The highest BCUT2D eigenvalue weighted by molar-refractivity contribution is 9.10. The Morgan fingerprint density at radius 2 is 1.88 bits per heavy atom. The minimum absolute atomic E-state index is 0.0379. The van der Waals surface area contributed by atoms with Crippen LogP contribution in [0.2, 0.25) is 0 Å². The van der Waals surface area contributed by atoms with Crippen LogP contribution in [-0.2, 0) is 16.1 Å². The smallest absolute Gasteiger partial charge is 0.338 e. The standard InChI is InChI=1S/C36H33BrN4O6S/c1-5-9-28-32(35(43)47-6-2)33(27-18-23(37)14-17-30(27)46-4)40-34(42)31(48-36(40)38-28)19-26-21(3)39(29-11-8-7-10-25(26)29)20-22-12-15-24(16-13-22)41(44)45/h7-8,10-19,33H,5-6,9,20H2,1-4H3/b31-19+/t33-/m1/s1. The molecule has 3 aromatic carbocycles. The molecule has 5 aromatic rings. The first kappa shape index (κ1) is 33.1. The summed E-state index contributed by atoms with van der Waals surface area (Å²) in [5, 5.41) is 12.1. The molecule has 1 atom stereocenters. The second kappa shape index (κ2) is 13.7. The first-order valence-corrected chi connectivity index (χ1v) is 17.1. The second-order valence-corrected chi connectivity index (χ2v) is 13.3. The molecule has 0 saturated carbocycles. The Morgan fingerprint density at radius 1 is 1.12 bits per heavy atom. The number of methoxy groups -OCH3 is 1. The Morgan fingerprint density at radius 3 is 2.56 bits per heavy atom. The zero-order valence-electron chi connectivity index (χ0n) is 26.9. The summed E-state index contributed by atoms with van der Waals surface area (Å²) in [5.41, 5.74) is 5.01. The number of para-hydroxylation sites is 1.